The van der Waals surface area contributed by atoms with Gasteiger partial charge in [0.25, 0.3) is 0 Å². The Kier molecular flexibility index (Phi) is 11.6. The zero-order valence-electron chi connectivity index (χ0n) is 24.6. The number of rotatable bonds is 12. The minimum atomic E-state index is -1.23. The smallest absolute Gasteiger partial charge is 0.336 e. The summed E-state index contributed by atoms with van der Waals surface area (Å²) in [7, 11) is 0. The van der Waals surface area contributed by atoms with Gasteiger partial charge in [-0.1, -0.05) is 85.0 Å². The van der Waals surface area contributed by atoms with Crippen LogP contribution in [0.25, 0.3) is 12.2 Å². The van der Waals surface area contributed by atoms with Crippen molar-refractivity contribution in [2.75, 3.05) is 0 Å². The van der Waals surface area contributed by atoms with Crippen LogP contribution < -0.4 is 20.9 Å². The van der Waals surface area contributed by atoms with Gasteiger partial charge in [-0.3, -0.25) is 0 Å². The van der Waals surface area contributed by atoms with Crippen molar-refractivity contribution in [2.45, 2.75) is 24.3 Å². The molecule has 4 rings (SSSR count). The van der Waals surface area contributed by atoms with Crippen molar-refractivity contribution in [3.8, 4) is 23.0 Å². The molecule has 10 nitrogen and oxygen atoms in total. The van der Waals surface area contributed by atoms with E-state index in [4.69, 9.17) is 20.9 Å². The summed E-state index contributed by atoms with van der Waals surface area (Å²) >= 11 is 0. The number of aliphatic hydroxyl groups is 2. The summed E-state index contributed by atoms with van der Waals surface area (Å²) < 4.78 is 10.4. The van der Waals surface area contributed by atoms with Crippen molar-refractivity contribution in [3.63, 3.8) is 0 Å². The highest BCUT2D eigenvalue weighted by Gasteiger charge is 2.19. The number of hydrogen-bond acceptors (Lipinski definition) is 10. The Morgan fingerprint density at radius 1 is 0.587 bits per heavy atom. The second kappa shape index (κ2) is 16.0. The molecule has 0 spiro atoms. The lowest BCUT2D eigenvalue weighted by atomic mass is 10.0. The number of nitrogens with two attached hydrogens (primary N) is 2. The number of aromatic hydroxyl groups is 2. The molecule has 0 aliphatic heterocycles. The molecule has 0 aliphatic carbocycles. The van der Waals surface area contributed by atoms with Crippen molar-refractivity contribution in [3.05, 3.63) is 144 Å². The standard InChI is InChI=1S/C36H34N2O8/c37-31(13-11-23-7-3-1-4-8-23)35(43)25-17-27(39)21-29(19-25)45-33(41)15-16-34(42)46-30-20-26(18-28(40)22-30)36(44)32(38)14-12-24-9-5-2-6-10-24/h1-22,31-32,35-36,39-40,43-44H,37-38H2/b13-11?,14-12?,16-15+. The van der Waals surface area contributed by atoms with Crippen LogP contribution in [-0.2, 0) is 9.59 Å². The van der Waals surface area contributed by atoms with Crippen molar-refractivity contribution in [1.29, 1.82) is 0 Å². The molecular formula is C36H34N2O8. The van der Waals surface area contributed by atoms with Gasteiger partial charge in [-0.2, -0.15) is 0 Å². The first-order valence-corrected chi connectivity index (χ1v) is 14.2. The van der Waals surface area contributed by atoms with Gasteiger partial charge in [0.1, 0.15) is 23.0 Å². The highest BCUT2D eigenvalue weighted by molar-refractivity contribution is 5.93. The molecule has 0 saturated carbocycles. The number of esters is 2. The summed E-state index contributed by atoms with van der Waals surface area (Å²) in [5.41, 5.74) is 14.4. The average Bonchev–Trinajstić information content (AvgIpc) is 3.04. The van der Waals surface area contributed by atoms with Crippen LogP contribution in [0, 0.1) is 0 Å². The lowest BCUT2D eigenvalue weighted by Gasteiger charge is -2.17. The number of phenols is 2. The third-order valence-corrected chi connectivity index (χ3v) is 6.65. The predicted octanol–water partition coefficient (Wildman–Crippen LogP) is 4.31. The van der Waals surface area contributed by atoms with Crippen molar-refractivity contribution in [1.82, 2.24) is 0 Å². The molecule has 4 aromatic rings. The van der Waals surface area contributed by atoms with Crippen molar-refractivity contribution >= 4 is 24.1 Å². The first-order valence-electron chi connectivity index (χ1n) is 14.2. The van der Waals surface area contributed by atoms with Gasteiger partial charge in [0.05, 0.1) is 24.3 Å². The second-order valence-corrected chi connectivity index (χ2v) is 10.3. The number of carbonyl (C=O) groups is 2. The Morgan fingerprint density at radius 3 is 1.33 bits per heavy atom. The van der Waals surface area contributed by atoms with Gasteiger partial charge < -0.3 is 41.4 Å². The van der Waals surface area contributed by atoms with Gasteiger partial charge in [0, 0.05) is 24.3 Å². The van der Waals surface area contributed by atoms with Crippen molar-refractivity contribution < 1.29 is 39.5 Å². The van der Waals surface area contributed by atoms with Gasteiger partial charge in [-0.25, -0.2) is 9.59 Å². The molecule has 8 N–H and O–H groups in total. The van der Waals surface area contributed by atoms with E-state index in [1.165, 1.54) is 24.3 Å². The molecule has 0 saturated heterocycles. The molecule has 4 unspecified atom stereocenters. The van der Waals surface area contributed by atoms with E-state index < -0.39 is 36.2 Å². The Bertz CT molecular complexity index is 1590. The summed E-state index contributed by atoms with van der Waals surface area (Å²) in [4.78, 5) is 24.8. The van der Waals surface area contributed by atoms with Gasteiger partial charge in [-0.05, 0) is 46.5 Å². The van der Waals surface area contributed by atoms with E-state index in [0.29, 0.717) is 0 Å². The van der Waals surface area contributed by atoms with Crippen LogP contribution in [0.15, 0.2) is 121 Å². The molecule has 10 heteroatoms. The van der Waals surface area contributed by atoms with Gasteiger partial charge >= 0.3 is 11.9 Å². The zero-order valence-corrected chi connectivity index (χ0v) is 24.6. The highest BCUT2D eigenvalue weighted by atomic mass is 16.5. The number of ether oxygens (including phenoxy) is 2. The first kappa shape index (κ1) is 33.4. The van der Waals surface area contributed by atoms with Crippen LogP contribution in [0.1, 0.15) is 34.5 Å². The lowest BCUT2D eigenvalue weighted by molar-refractivity contribution is -0.131. The maximum absolute atomic E-state index is 12.4. The maximum atomic E-state index is 12.4. The number of hydrogen-bond donors (Lipinski definition) is 6. The molecule has 0 amide bonds. The van der Waals surface area contributed by atoms with Gasteiger partial charge in [-0.15, -0.1) is 0 Å². The minimum absolute atomic E-state index is 0.0967. The van der Waals surface area contributed by atoms with E-state index in [0.717, 1.165) is 35.4 Å². The van der Waals surface area contributed by atoms with E-state index in [9.17, 15) is 30.0 Å². The molecule has 0 aromatic heterocycles. The van der Waals surface area contributed by atoms with E-state index in [-0.39, 0.29) is 34.1 Å². The van der Waals surface area contributed by atoms with Crippen LogP contribution in [0.4, 0.5) is 0 Å². The number of aliphatic hydroxyl groups excluding tert-OH is 2. The Balaban J connectivity index is 1.35. The minimum Gasteiger partial charge on any atom is -0.508 e. The number of carbonyl (C=O) groups excluding carboxylic acids is 2. The monoisotopic (exact) mass is 622 g/mol. The zero-order chi connectivity index (χ0) is 33.1. The number of phenolic OH excluding ortho intramolecular Hbond substituents is 2. The Morgan fingerprint density at radius 2 is 0.957 bits per heavy atom. The number of benzene rings is 4. The van der Waals surface area contributed by atoms with E-state index in [2.05, 4.69) is 0 Å². The van der Waals surface area contributed by atoms with Gasteiger partial charge in [0.2, 0.25) is 0 Å². The fourth-order valence-electron chi connectivity index (χ4n) is 4.34. The highest BCUT2D eigenvalue weighted by Crippen LogP contribution is 2.29. The molecule has 0 radical (unpaired) electrons. The summed E-state index contributed by atoms with van der Waals surface area (Å²) in [5.74, 6) is -2.70. The van der Waals surface area contributed by atoms with Gasteiger partial charge in [0.15, 0.2) is 0 Å². The van der Waals surface area contributed by atoms with Crippen LogP contribution in [0.5, 0.6) is 23.0 Å². The molecule has 0 aliphatic rings. The first-order chi connectivity index (χ1) is 22.1. The molecule has 0 heterocycles. The third kappa shape index (κ3) is 10.0. The maximum Gasteiger partial charge on any atom is 0.336 e. The van der Waals surface area contributed by atoms with E-state index in [1.54, 1.807) is 24.3 Å². The molecule has 4 aromatic carbocycles. The quantitative estimate of drug-likeness (QED) is 0.0755. The van der Waals surface area contributed by atoms with Crippen LogP contribution >= 0.6 is 0 Å². The van der Waals surface area contributed by atoms with Crippen molar-refractivity contribution in [2.24, 2.45) is 11.5 Å². The summed E-state index contributed by atoms with van der Waals surface area (Å²) in [6, 6.07) is 24.6. The summed E-state index contributed by atoms with van der Waals surface area (Å²) in [6.07, 6.45) is 5.88. The Labute approximate surface area is 265 Å². The molecular weight excluding hydrogens is 588 g/mol. The lowest BCUT2D eigenvalue weighted by Crippen LogP contribution is -2.26. The molecule has 0 fully saturated rings. The van der Waals surface area contributed by atoms with Crippen LogP contribution in [0.3, 0.4) is 0 Å². The van der Waals surface area contributed by atoms with Crippen LogP contribution in [0.2, 0.25) is 0 Å². The predicted molar refractivity (Wildman–Crippen MR) is 173 cm³/mol. The largest absolute Gasteiger partial charge is 0.508 e. The topological polar surface area (TPSA) is 186 Å². The summed E-state index contributed by atoms with van der Waals surface area (Å²) in [5, 5.41) is 41.6. The molecule has 46 heavy (non-hydrogen) atoms. The molecule has 0 bridgehead atoms. The van der Waals surface area contributed by atoms with Crippen LogP contribution in [-0.4, -0.2) is 44.4 Å². The SMILES string of the molecule is NC(C=Cc1ccccc1)C(O)c1cc(O)cc(OC(=O)/C=C/C(=O)Oc2cc(O)cc(C(O)C(N)C=Cc3ccccc3)c2)c1. The molecule has 4 atom stereocenters. The average molecular weight is 623 g/mol. The van der Waals surface area contributed by atoms with E-state index in [1.807, 2.05) is 60.7 Å². The fourth-order valence-corrected chi connectivity index (χ4v) is 4.34. The third-order valence-electron chi connectivity index (χ3n) is 6.65. The fraction of sp³-hybridized carbons (Fsp3) is 0.111. The van der Waals surface area contributed by atoms with E-state index >= 15 is 0 Å². The second-order valence-electron chi connectivity index (χ2n) is 10.3. The Hall–Kier alpha value is -5.52. The molecule has 236 valence electrons. The summed E-state index contributed by atoms with van der Waals surface area (Å²) in [6.45, 7) is 0. The normalized spacial score (nSPS) is 14.3.